The van der Waals surface area contributed by atoms with E-state index in [2.05, 4.69) is 15.9 Å². The topological polar surface area (TPSA) is 57.7 Å². The van der Waals surface area contributed by atoms with Crippen molar-refractivity contribution in [3.8, 4) is 0 Å². The zero-order valence-corrected chi connectivity index (χ0v) is 15.4. The second-order valence-electron chi connectivity index (χ2n) is 6.19. The van der Waals surface area contributed by atoms with Gasteiger partial charge in [0.2, 0.25) is 0 Å². The van der Waals surface area contributed by atoms with Crippen LogP contribution in [0.25, 0.3) is 0 Å². The molecular weight excluding hydrogens is 411 g/mol. The van der Waals surface area contributed by atoms with Crippen molar-refractivity contribution in [1.82, 2.24) is 0 Å². The van der Waals surface area contributed by atoms with E-state index >= 15 is 0 Å². The second-order valence-corrected chi connectivity index (χ2v) is 9.26. The number of sulfone groups is 1. The molecule has 5 nitrogen and oxygen atoms in total. The average Bonchev–Trinajstić information content (AvgIpc) is 2.99. The van der Waals surface area contributed by atoms with Gasteiger partial charge >= 0.3 is 6.03 Å². The van der Waals surface area contributed by atoms with Crippen molar-refractivity contribution < 1.29 is 17.6 Å². The monoisotopic (exact) mass is 424 g/mol. The van der Waals surface area contributed by atoms with Crippen LogP contribution in [-0.2, 0) is 9.84 Å². The lowest BCUT2D eigenvalue weighted by atomic mass is 10.1. The first-order chi connectivity index (χ1) is 11.9. The van der Waals surface area contributed by atoms with Crippen molar-refractivity contribution in [2.75, 3.05) is 21.3 Å². The molecule has 2 aliphatic rings. The maximum Gasteiger partial charge on any atom is 0.329 e. The lowest BCUT2D eigenvalue weighted by molar-refractivity contribution is 0.255. The number of amides is 2. The molecule has 2 heterocycles. The molecule has 0 saturated carbocycles. The van der Waals surface area contributed by atoms with E-state index in [9.17, 15) is 17.6 Å². The third kappa shape index (κ3) is 2.83. The van der Waals surface area contributed by atoms with Gasteiger partial charge in [-0.1, -0.05) is 15.9 Å². The number of hydrogen-bond donors (Lipinski definition) is 0. The standard InChI is InChI=1S/C17H14BrFN2O3S/c18-11-1-5-13(6-2-11)20-15-9-25(23,24)10-16(15)21(17(20)22)14-7-3-12(19)4-8-14/h1-8,15-16H,9-10H2/t15-,16+/m1/s1. The maximum atomic E-state index is 13.2. The van der Waals surface area contributed by atoms with Crippen molar-refractivity contribution in [1.29, 1.82) is 0 Å². The molecule has 130 valence electrons. The molecule has 4 rings (SSSR count). The van der Waals surface area contributed by atoms with Crippen LogP contribution in [0.4, 0.5) is 20.6 Å². The average molecular weight is 425 g/mol. The van der Waals surface area contributed by atoms with Gasteiger partial charge in [-0.25, -0.2) is 17.6 Å². The fraction of sp³-hybridized carbons (Fsp3) is 0.235. The SMILES string of the molecule is O=C1N(c2ccc(Br)cc2)[C@@H]2CS(=O)(=O)C[C@@H]2N1c1ccc(F)cc1. The summed E-state index contributed by atoms with van der Waals surface area (Å²) < 4.78 is 38.5. The summed E-state index contributed by atoms with van der Waals surface area (Å²) in [6.07, 6.45) is 0. The number of rotatable bonds is 2. The molecule has 2 atom stereocenters. The van der Waals surface area contributed by atoms with Gasteiger partial charge in [0, 0.05) is 15.8 Å². The Balaban J connectivity index is 1.79. The summed E-state index contributed by atoms with van der Waals surface area (Å²) in [6.45, 7) is 0. The van der Waals surface area contributed by atoms with Crippen LogP contribution in [0.2, 0.25) is 0 Å². The Morgan fingerprint density at radius 2 is 1.32 bits per heavy atom. The molecule has 0 aliphatic carbocycles. The molecule has 0 radical (unpaired) electrons. The molecule has 8 heteroatoms. The molecule has 2 aromatic rings. The highest BCUT2D eigenvalue weighted by Crippen LogP contribution is 2.38. The molecule has 2 aliphatic heterocycles. The molecule has 0 unspecified atom stereocenters. The fourth-order valence-electron chi connectivity index (χ4n) is 3.51. The highest BCUT2D eigenvalue weighted by Gasteiger charge is 2.54. The summed E-state index contributed by atoms with van der Waals surface area (Å²) in [6, 6.07) is 11.5. The lowest BCUT2D eigenvalue weighted by Gasteiger charge is -2.22. The van der Waals surface area contributed by atoms with Gasteiger partial charge in [0.05, 0.1) is 23.6 Å². The Hall–Kier alpha value is -1.93. The van der Waals surface area contributed by atoms with Gasteiger partial charge in [0.1, 0.15) is 5.82 Å². The van der Waals surface area contributed by atoms with E-state index in [1.165, 1.54) is 34.1 Å². The zero-order valence-electron chi connectivity index (χ0n) is 13.0. The Labute approximate surface area is 153 Å². The van der Waals surface area contributed by atoms with Gasteiger partial charge in [0.15, 0.2) is 9.84 Å². The number of benzene rings is 2. The fourth-order valence-corrected chi connectivity index (χ4v) is 5.69. The predicted molar refractivity (Wildman–Crippen MR) is 97.1 cm³/mol. The van der Waals surface area contributed by atoms with Crippen LogP contribution >= 0.6 is 15.9 Å². The van der Waals surface area contributed by atoms with Crippen LogP contribution in [0.3, 0.4) is 0 Å². The maximum absolute atomic E-state index is 13.2. The van der Waals surface area contributed by atoms with Crippen molar-refractivity contribution in [2.24, 2.45) is 0 Å². The van der Waals surface area contributed by atoms with Gasteiger partial charge in [0.25, 0.3) is 0 Å². The Bertz CT molecular complexity index is 862. The predicted octanol–water partition coefficient (Wildman–Crippen LogP) is 3.20. The summed E-state index contributed by atoms with van der Waals surface area (Å²) in [4.78, 5) is 16.1. The summed E-state index contributed by atoms with van der Waals surface area (Å²) >= 11 is 3.35. The first-order valence-corrected chi connectivity index (χ1v) is 10.3. The number of anilines is 2. The van der Waals surface area contributed by atoms with Gasteiger partial charge in [-0.15, -0.1) is 0 Å². The van der Waals surface area contributed by atoms with Crippen LogP contribution in [0.1, 0.15) is 0 Å². The first-order valence-electron chi connectivity index (χ1n) is 7.70. The Kier molecular flexibility index (Phi) is 3.84. The zero-order chi connectivity index (χ0) is 17.8. The minimum atomic E-state index is -3.25. The highest BCUT2D eigenvalue weighted by molar-refractivity contribution is 9.10. The van der Waals surface area contributed by atoms with Crippen LogP contribution < -0.4 is 9.80 Å². The molecule has 0 bridgehead atoms. The molecule has 2 aromatic carbocycles. The number of nitrogens with zero attached hydrogens (tertiary/aromatic N) is 2. The van der Waals surface area contributed by atoms with Crippen molar-refractivity contribution >= 4 is 43.2 Å². The Morgan fingerprint density at radius 1 is 0.880 bits per heavy atom. The van der Waals surface area contributed by atoms with Crippen molar-refractivity contribution in [2.45, 2.75) is 12.1 Å². The highest BCUT2D eigenvalue weighted by atomic mass is 79.9. The van der Waals surface area contributed by atoms with E-state index in [1.54, 1.807) is 12.1 Å². The normalized spacial score (nSPS) is 24.6. The molecule has 2 amide bonds. The number of hydrogen-bond acceptors (Lipinski definition) is 3. The molecule has 25 heavy (non-hydrogen) atoms. The minimum Gasteiger partial charge on any atom is -0.288 e. The van der Waals surface area contributed by atoms with Gasteiger partial charge < -0.3 is 0 Å². The smallest absolute Gasteiger partial charge is 0.288 e. The minimum absolute atomic E-state index is 0.0723. The molecular formula is C17H14BrFN2O3S. The van der Waals surface area contributed by atoms with E-state index in [4.69, 9.17) is 0 Å². The van der Waals surface area contributed by atoms with Gasteiger partial charge in [-0.2, -0.15) is 0 Å². The van der Waals surface area contributed by atoms with Crippen LogP contribution in [-0.4, -0.2) is 38.0 Å². The van der Waals surface area contributed by atoms with Crippen LogP contribution in [0, 0.1) is 5.82 Å². The summed E-state index contributed by atoms with van der Waals surface area (Å²) in [5.74, 6) is -0.568. The van der Waals surface area contributed by atoms with E-state index in [1.807, 2.05) is 12.1 Å². The quantitative estimate of drug-likeness (QED) is 0.695. The van der Waals surface area contributed by atoms with Crippen molar-refractivity contribution in [3.63, 3.8) is 0 Å². The third-order valence-electron chi connectivity index (χ3n) is 4.58. The molecule has 2 saturated heterocycles. The molecule has 2 fully saturated rings. The summed E-state index contributed by atoms with van der Waals surface area (Å²) in [7, 11) is -3.25. The number of urea groups is 1. The summed E-state index contributed by atoms with van der Waals surface area (Å²) in [5.41, 5.74) is 1.14. The van der Waals surface area contributed by atoms with E-state index < -0.39 is 27.7 Å². The van der Waals surface area contributed by atoms with Gasteiger partial charge in [-0.05, 0) is 48.5 Å². The number of halogens is 2. The second kappa shape index (κ2) is 5.81. The van der Waals surface area contributed by atoms with E-state index in [0.717, 1.165) is 4.47 Å². The number of fused-ring (bicyclic) bond motifs is 1. The number of carbonyl (C=O) groups excluding carboxylic acids is 1. The number of carbonyl (C=O) groups is 1. The molecule has 0 N–H and O–H groups in total. The molecule has 0 spiro atoms. The Morgan fingerprint density at radius 3 is 1.80 bits per heavy atom. The summed E-state index contributed by atoms with van der Waals surface area (Å²) in [5, 5.41) is 0. The first kappa shape index (κ1) is 16.5. The van der Waals surface area contributed by atoms with Crippen molar-refractivity contribution in [3.05, 3.63) is 58.8 Å². The van der Waals surface area contributed by atoms with Crippen LogP contribution in [0.15, 0.2) is 53.0 Å². The third-order valence-corrected chi connectivity index (χ3v) is 6.81. The lowest BCUT2D eigenvalue weighted by Crippen LogP contribution is -2.37. The van der Waals surface area contributed by atoms with Gasteiger partial charge in [-0.3, -0.25) is 9.80 Å². The van der Waals surface area contributed by atoms with Crippen LogP contribution in [0.5, 0.6) is 0 Å². The molecule has 0 aromatic heterocycles. The largest absolute Gasteiger partial charge is 0.329 e. The van der Waals surface area contributed by atoms with E-state index in [0.29, 0.717) is 11.4 Å². The van der Waals surface area contributed by atoms with E-state index in [-0.39, 0.29) is 17.5 Å².